The van der Waals surface area contributed by atoms with Crippen LogP contribution in [-0.4, -0.2) is 42.1 Å². The molecule has 7 heteroatoms. The summed E-state index contributed by atoms with van der Waals surface area (Å²) in [6.45, 7) is 0. The van der Waals surface area contributed by atoms with Gasteiger partial charge in [0.15, 0.2) is 0 Å². The van der Waals surface area contributed by atoms with E-state index < -0.39 is 8.80 Å². The smallest absolute Gasteiger partial charge is 0.393 e. The monoisotopic (exact) mass is 286 g/mol. The molecule has 3 fully saturated rings. The van der Waals surface area contributed by atoms with Gasteiger partial charge < -0.3 is 18.0 Å². The van der Waals surface area contributed by atoms with E-state index in [9.17, 15) is 9.59 Å². The fraction of sp³-hybridized carbons (Fsp3) is 0.833. The molecular formula is C12H18O6Si. The molecule has 3 aliphatic rings. The highest BCUT2D eigenvalue weighted by Crippen LogP contribution is 2.63. The molecule has 3 rings (SSSR count). The van der Waals surface area contributed by atoms with Gasteiger partial charge in [0.05, 0.1) is 11.8 Å². The molecule has 1 saturated heterocycles. The molecule has 6 nitrogen and oxygen atoms in total. The predicted molar refractivity (Wildman–Crippen MR) is 64.8 cm³/mol. The Hall–Kier alpha value is -0.763. The van der Waals surface area contributed by atoms with Crippen molar-refractivity contribution < 1.29 is 27.6 Å². The fourth-order valence-corrected chi connectivity index (χ4v) is 7.23. The molecule has 2 saturated carbocycles. The van der Waals surface area contributed by atoms with Crippen LogP contribution in [0.2, 0.25) is 5.54 Å². The van der Waals surface area contributed by atoms with Gasteiger partial charge in [-0.1, -0.05) is 0 Å². The molecule has 2 aliphatic carbocycles. The number of carbonyl (C=O) groups is 2. The molecule has 0 N–H and O–H groups in total. The number of ether oxygens (including phenoxy) is 1. The lowest BCUT2D eigenvalue weighted by atomic mass is 9.81. The van der Waals surface area contributed by atoms with Crippen LogP contribution in [-0.2, 0) is 27.6 Å². The average Bonchev–Trinajstić information content (AvgIpc) is 3.06. The minimum absolute atomic E-state index is 0.0807. The van der Waals surface area contributed by atoms with Crippen LogP contribution in [0.4, 0.5) is 0 Å². The molecular weight excluding hydrogens is 268 g/mol. The molecule has 106 valence electrons. The average molecular weight is 286 g/mol. The minimum atomic E-state index is -2.77. The SMILES string of the molecule is CO[Si](OC)(OC)C1CC2CC1C1C(=O)OC(=O)C21. The molecule has 0 amide bonds. The van der Waals surface area contributed by atoms with E-state index in [-0.39, 0.29) is 41.2 Å². The van der Waals surface area contributed by atoms with E-state index in [1.807, 2.05) is 0 Å². The van der Waals surface area contributed by atoms with E-state index in [0.29, 0.717) is 0 Å². The van der Waals surface area contributed by atoms with E-state index in [0.717, 1.165) is 12.8 Å². The zero-order valence-corrected chi connectivity index (χ0v) is 12.3. The molecule has 0 aromatic carbocycles. The first-order valence-corrected chi connectivity index (χ1v) is 8.29. The molecule has 0 aromatic heterocycles. The predicted octanol–water partition coefficient (Wildman–Crippen LogP) is 0.590. The van der Waals surface area contributed by atoms with E-state index in [1.54, 1.807) is 21.3 Å². The maximum absolute atomic E-state index is 11.8. The van der Waals surface area contributed by atoms with E-state index >= 15 is 0 Å². The van der Waals surface area contributed by atoms with Gasteiger partial charge in [-0.05, 0) is 24.7 Å². The highest BCUT2D eigenvalue weighted by molar-refractivity contribution is 6.62. The molecule has 19 heavy (non-hydrogen) atoms. The Labute approximate surface area is 112 Å². The summed E-state index contributed by atoms with van der Waals surface area (Å²) >= 11 is 0. The first-order valence-electron chi connectivity index (χ1n) is 6.49. The van der Waals surface area contributed by atoms with Crippen molar-refractivity contribution in [2.24, 2.45) is 23.7 Å². The van der Waals surface area contributed by atoms with Crippen LogP contribution in [0.3, 0.4) is 0 Å². The zero-order valence-electron chi connectivity index (χ0n) is 11.3. The van der Waals surface area contributed by atoms with Gasteiger partial charge >= 0.3 is 20.7 Å². The third-order valence-corrected chi connectivity index (χ3v) is 8.34. The lowest BCUT2D eigenvalue weighted by Gasteiger charge is -2.37. The Morgan fingerprint density at radius 1 is 1.00 bits per heavy atom. The van der Waals surface area contributed by atoms with E-state index in [2.05, 4.69) is 0 Å². The maximum Gasteiger partial charge on any atom is 0.503 e. The molecule has 5 atom stereocenters. The summed E-state index contributed by atoms with van der Waals surface area (Å²) in [5.74, 6) is -1.000. The zero-order chi connectivity index (χ0) is 13.8. The number of fused-ring (bicyclic) bond motifs is 5. The largest absolute Gasteiger partial charge is 0.503 e. The standard InChI is InChI=1S/C12H18O6Si/c1-15-19(16-2,17-3)8-5-6-4-7(8)10-9(6)11(13)18-12(10)14/h6-10H,4-5H2,1-3H3. The highest BCUT2D eigenvalue weighted by atomic mass is 28.4. The summed E-state index contributed by atoms with van der Waals surface area (Å²) in [6.07, 6.45) is 1.68. The lowest BCUT2D eigenvalue weighted by Crippen LogP contribution is -2.51. The second kappa shape index (κ2) is 4.37. The van der Waals surface area contributed by atoms with Gasteiger partial charge in [-0.2, -0.15) is 0 Å². The number of carbonyl (C=O) groups excluding carboxylic acids is 2. The van der Waals surface area contributed by atoms with E-state index in [4.69, 9.17) is 18.0 Å². The summed E-state index contributed by atoms with van der Waals surface area (Å²) in [6, 6.07) is 0. The van der Waals surface area contributed by atoms with Gasteiger partial charge in [0.2, 0.25) is 0 Å². The Kier molecular flexibility index (Phi) is 3.04. The van der Waals surface area contributed by atoms with Gasteiger partial charge in [-0.3, -0.25) is 9.59 Å². The van der Waals surface area contributed by atoms with Gasteiger partial charge in [-0.15, -0.1) is 0 Å². The summed E-state index contributed by atoms with van der Waals surface area (Å²) in [5.41, 5.74) is 0.0807. The van der Waals surface area contributed by atoms with Gasteiger partial charge in [0.1, 0.15) is 0 Å². The van der Waals surface area contributed by atoms with Crippen LogP contribution in [0.1, 0.15) is 12.8 Å². The Morgan fingerprint density at radius 3 is 2.16 bits per heavy atom. The van der Waals surface area contributed by atoms with Crippen molar-refractivity contribution in [1.29, 1.82) is 0 Å². The summed E-state index contributed by atoms with van der Waals surface area (Å²) in [7, 11) is 1.98. The van der Waals surface area contributed by atoms with Crippen LogP contribution >= 0.6 is 0 Å². The Morgan fingerprint density at radius 2 is 1.58 bits per heavy atom. The van der Waals surface area contributed by atoms with Crippen molar-refractivity contribution in [3.05, 3.63) is 0 Å². The molecule has 0 radical (unpaired) electrons. The second-order valence-corrected chi connectivity index (χ2v) is 8.68. The summed E-state index contributed by atoms with van der Waals surface area (Å²) < 4.78 is 21.4. The summed E-state index contributed by atoms with van der Waals surface area (Å²) in [4.78, 5) is 23.5. The number of rotatable bonds is 4. The van der Waals surface area contributed by atoms with Gasteiger partial charge in [0.25, 0.3) is 0 Å². The quantitative estimate of drug-likeness (QED) is 0.428. The van der Waals surface area contributed by atoms with Crippen LogP contribution in [0.5, 0.6) is 0 Å². The van der Waals surface area contributed by atoms with Crippen molar-refractivity contribution in [3.63, 3.8) is 0 Å². The number of hydrogen-bond acceptors (Lipinski definition) is 6. The van der Waals surface area contributed by atoms with Crippen molar-refractivity contribution in [1.82, 2.24) is 0 Å². The molecule has 1 aliphatic heterocycles. The molecule has 1 heterocycles. The van der Waals surface area contributed by atoms with Crippen LogP contribution < -0.4 is 0 Å². The normalized spacial score (nSPS) is 40.7. The fourth-order valence-electron chi connectivity index (χ4n) is 4.37. The van der Waals surface area contributed by atoms with Crippen molar-refractivity contribution in [3.8, 4) is 0 Å². The van der Waals surface area contributed by atoms with Crippen LogP contribution in [0, 0.1) is 23.7 Å². The second-order valence-electron chi connectivity index (χ2n) is 5.51. The lowest BCUT2D eigenvalue weighted by molar-refractivity contribution is -0.154. The van der Waals surface area contributed by atoms with Gasteiger partial charge in [-0.25, -0.2) is 0 Å². The Bertz CT molecular complexity index is 412. The molecule has 0 aromatic rings. The minimum Gasteiger partial charge on any atom is -0.393 e. The van der Waals surface area contributed by atoms with Crippen LogP contribution in [0.25, 0.3) is 0 Å². The Balaban J connectivity index is 1.90. The van der Waals surface area contributed by atoms with Crippen molar-refractivity contribution in [2.75, 3.05) is 21.3 Å². The third-order valence-electron chi connectivity index (χ3n) is 5.06. The molecule has 2 bridgehead atoms. The van der Waals surface area contributed by atoms with Crippen molar-refractivity contribution in [2.45, 2.75) is 18.4 Å². The maximum atomic E-state index is 11.8. The summed E-state index contributed by atoms with van der Waals surface area (Å²) in [5, 5.41) is 0. The first kappa shape index (κ1) is 13.2. The van der Waals surface area contributed by atoms with E-state index in [1.165, 1.54) is 0 Å². The molecule has 0 spiro atoms. The third kappa shape index (κ3) is 1.59. The highest BCUT2D eigenvalue weighted by Gasteiger charge is 2.68. The van der Waals surface area contributed by atoms with Gasteiger partial charge in [0, 0.05) is 26.9 Å². The number of hydrogen-bond donors (Lipinski definition) is 0. The van der Waals surface area contributed by atoms with Crippen molar-refractivity contribution >= 4 is 20.7 Å². The van der Waals surface area contributed by atoms with Crippen LogP contribution in [0.15, 0.2) is 0 Å². The molecule has 5 unspecified atom stereocenters. The number of esters is 2. The topological polar surface area (TPSA) is 71.1 Å². The number of cyclic esters (lactones) is 2. The first-order chi connectivity index (χ1) is 9.07.